The first-order chi connectivity index (χ1) is 10.3. The quantitative estimate of drug-likeness (QED) is 0.801. The SMILES string of the molecule is CC(C)CS(=O)(=O)N1CCC(N[C@@H]2CS[C@H](C(C)C)C2)CC1. The molecule has 22 heavy (non-hydrogen) atoms. The first-order valence-corrected chi connectivity index (χ1v) is 11.3. The number of nitrogens with one attached hydrogen (secondary N) is 1. The summed E-state index contributed by atoms with van der Waals surface area (Å²) in [6.07, 6.45) is 3.16. The molecule has 6 heteroatoms. The second kappa shape index (κ2) is 7.86. The van der Waals surface area contributed by atoms with Crippen LogP contribution in [0, 0.1) is 11.8 Å². The fraction of sp³-hybridized carbons (Fsp3) is 1.00. The minimum absolute atomic E-state index is 0.198. The van der Waals surface area contributed by atoms with Crippen LogP contribution in [0.25, 0.3) is 0 Å². The Morgan fingerprint density at radius 2 is 1.77 bits per heavy atom. The monoisotopic (exact) mass is 348 g/mol. The van der Waals surface area contributed by atoms with E-state index in [2.05, 4.69) is 30.9 Å². The number of sulfonamides is 1. The van der Waals surface area contributed by atoms with Crippen molar-refractivity contribution in [2.45, 2.75) is 64.3 Å². The summed E-state index contributed by atoms with van der Waals surface area (Å²) in [7, 11) is -3.05. The van der Waals surface area contributed by atoms with E-state index in [1.165, 1.54) is 12.2 Å². The van der Waals surface area contributed by atoms with Gasteiger partial charge in [-0.25, -0.2) is 12.7 Å². The summed E-state index contributed by atoms with van der Waals surface area (Å²) in [5.74, 6) is 2.43. The lowest BCUT2D eigenvalue weighted by molar-refractivity contribution is 0.273. The molecule has 0 unspecified atom stereocenters. The normalized spacial score (nSPS) is 28.8. The number of thioether (sulfide) groups is 1. The molecule has 2 fully saturated rings. The lowest BCUT2D eigenvalue weighted by atomic mass is 10.0. The molecule has 0 aromatic heterocycles. The zero-order valence-electron chi connectivity index (χ0n) is 14.4. The molecular formula is C16H32N2O2S2. The van der Waals surface area contributed by atoms with Crippen LogP contribution >= 0.6 is 11.8 Å². The fourth-order valence-electron chi connectivity index (χ4n) is 3.40. The van der Waals surface area contributed by atoms with Crippen molar-refractivity contribution in [3.8, 4) is 0 Å². The minimum atomic E-state index is -3.05. The van der Waals surface area contributed by atoms with Crippen molar-refractivity contribution in [2.24, 2.45) is 11.8 Å². The third-order valence-corrected chi connectivity index (χ3v) is 8.63. The largest absolute Gasteiger partial charge is 0.310 e. The van der Waals surface area contributed by atoms with Crippen LogP contribution in [0.3, 0.4) is 0 Å². The number of piperidine rings is 1. The van der Waals surface area contributed by atoms with E-state index >= 15 is 0 Å². The Hall–Kier alpha value is 0.220. The van der Waals surface area contributed by atoms with Crippen molar-refractivity contribution >= 4 is 21.8 Å². The maximum absolute atomic E-state index is 12.3. The van der Waals surface area contributed by atoms with E-state index in [9.17, 15) is 8.42 Å². The molecule has 130 valence electrons. The molecule has 0 saturated carbocycles. The fourth-order valence-corrected chi connectivity index (χ4v) is 6.68. The van der Waals surface area contributed by atoms with Crippen LogP contribution in [0.5, 0.6) is 0 Å². The summed E-state index contributed by atoms with van der Waals surface area (Å²) < 4.78 is 26.2. The van der Waals surface area contributed by atoms with E-state index in [4.69, 9.17) is 0 Å². The topological polar surface area (TPSA) is 49.4 Å². The Bertz CT molecular complexity index is 443. The Balaban J connectivity index is 1.76. The average Bonchev–Trinajstić information content (AvgIpc) is 2.86. The summed E-state index contributed by atoms with van der Waals surface area (Å²) >= 11 is 2.09. The number of nitrogens with zero attached hydrogens (tertiary/aromatic N) is 1. The van der Waals surface area contributed by atoms with Gasteiger partial charge in [-0.3, -0.25) is 0 Å². The van der Waals surface area contributed by atoms with Gasteiger partial charge in [-0.2, -0.15) is 11.8 Å². The van der Waals surface area contributed by atoms with E-state index in [1.54, 1.807) is 4.31 Å². The minimum Gasteiger partial charge on any atom is -0.310 e. The van der Waals surface area contributed by atoms with Gasteiger partial charge in [0.15, 0.2) is 0 Å². The van der Waals surface area contributed by atoms with E-state index in [1.807, 2.05) is 13.8 Å². The van der Waals surface area contributed by atoms with Crippen LogP contribution in [0.1, 0.15) is 47.0 Å². The molecule has 0 radical (unpaired) electrons. The Kier molecular flexibility index (Phi) is 6.63. The highest BCUT2D eigenvalue weighted by Gasteiger charge is 2.32. The second-order valence-corrected chi connectivity index (χ2v) is 10.8. The summed E-state index contributed by atoms with van der Waals surface area (Å²) in [6, 6.07) is 1.10. The molecule has 2 heterocycles. The summed E-state index contributed by atoms with van der Waals surface area (Å²) in [5, 5.41) is 4.55. The van der Waals surface area contributed by atoms with Gasteiger partial charge in [0.1, 0.15) is 0 Å². The van der Waals surface area contributed by atoms with Crippen molar-refractivity contribution in [3.05, 3.63) is 0 Å². The van der Waals surface area contributed by atoms with Crippen molar-refractivity contribution in [3.63, 3.8) is 0 Å². The summed E-state index contributed by atoms with van der Waals surface area (Å²) in [4.78, 5) is 0. The number of hydrogen-bond donors (Lipinski definition) is 1. The molecule has 1 N–H and O–H groups in total. The zero-order valence-corrected chi connectivity index (χ0v) is 16.0. The molecule has 0 aromatic carbocycles. The Morgan fingerprint density at radius 3 is 2.27 bits per heavy atom. The molecular weight excluding hydrogens is 316 g/mol. The van der Waals surface area contributed by atoms with Crippen LogP contribution in [0.15, 0.2) is 0 Å². The van der Waals surface area contributed by atoms with Gasteiger partial charge in [-0.05, 0) is 31.1 Å². The maximum atomic E-state index is 12.3. The third-order valence-electron chi connectivity index (χ3n) is 4.63. The number of rotatable bonds is 6. The van der Waals surface area contributed by atoms with Crippen molar-refractivity contribution < 1.29 is 8.42 Å². The van der Waals surface area contributed by atoms with Crippen molar-refractivity contribution in [2.75, 3.05) is 24.6 Å². The van der Waals surface area contributed by atoms with Gasteiger partial charge in [0, 0.05) is 36.2 Å². The lowest BCUT2D eigenvalue weighted by Gasteiger charge is -2.33. The average molecular weight is 349 g/mol. The van der Waals surface area contributed by atoms with Gasteiger partial charge in [0.2, 0.25) is 10.0 Å². The first-order valence-electron chi connectivity index (χ1n) is 8.63. The smallest absolute Gasteiger partial charge is 0.214 e. The Morgan fingerprint density at radius 1 is 1.14 bits per heavy atom. The highest BCUT2D eigenvalue weighted by atomic mass is 32.2. The van der Waals surface area contributed by atoms with E-state index < -0.39 is 10.0 Å². The van der Waals surface area contributed by atoms with Crippen LogP contribution in [0.2, 0.25) is 0 Å². The van der Waals surface area contributed by atoms with Crippen LogP contribution in [0.4, 0.5) is 0 Å². The highest BCUT2D eigenvalue weighted by molar-refractivity contribution is 8.00. The molecule has 0 spiro atoms. The van der Waals surface area contributed by atoms with Gasteiger partial charge in [0.05, 0.1) is 5.75 Å². The number of hydrogen-bond acceptors (Lipinski definition) is 4. The van der Waals surface area contributed by atoms with Gasteiger partial charge < -0.3 is 5.32 Å². The van der Waals surface area contributed by atoms with Gasteiger partial charge in [0.25, 0.3) is 0 Å². The molecule has 2 aliphatic heterocycles. The van der Waals surface area contributed by atoms with Gasteiger partial charge >= 0.3 is 0 Å². The zero-order chi connectivity index (χ0) is 16.3. The van der Waals surface area contributed by atoms with Gasteiger partial charge in [-0.1, -0.05) is 27.7 Å². The molecule has 2 rings (SSSR count). The lowest BCUT2D eigenvalue weighted by Crippen LogP contribution is -2.48. The van der Waals surface area contributed by atoms with E-state index in [-0.39, 0.29) is 11.7 Å². The Labute approximate surface area is 140 Å². The van der Waals surface area contributed by atoms with E-state index in [0.29, 0.717) is 25.2 Å². The van der Waals surface area contributed by atoms with E-state index in [0.717, 1.165) is 24.0 Å². The van der Waals surface area contributed by atoms with Crippen LogP contribution < -0.4 is 5.32 Å². The predicted molar refractivity (Wildman–Crippen MR) is 95.8 cm³/mol. The second-order valence-electron chi connectivity index (χ2n) is 7.56. The molecule has 0 aromatic rings. The maximum Gasteiger partial charge on any atom is 0.214 e. The standard InChI is InChI=1S/C16H32N2O2S2/c1-12(2)11-22(19,20)18-7-5-14(6-8-18)17-15-9-16(13(3)4)21-10-15/h12-17H,5-11H2,1-4H3/t15-,16-/m0/s1. The van der Waals surface area contributed by atoms with Crippen LogP contribution in [-0.4, -0.2) is 54.7 Å². The van der Waals surface area contributed by atoms with Crippen molar-refractivity contribution in [1.82, 2.24) is 9.62 Å². The molecule has 4 nitrogen and oxygen atoms in total. The van der Waals surface area contributed by atoms with Crippen LogP contribution in [-0.2, 0) is 10.0 Å². The summed E-state index contributed by atoms with van der Waals surface area (Å²) in [6.45, 7) is 9.90. The highest BCUT2D eigenvalue weighted by Crippen LogP contribution is 2.32. The predicted octanol–water partition coefficient (Wildman–Crippen LogP) is 2.56. The molecule has 2 aliphatic rings. The molecule has 2 atom stereocenters. The van der Waals surface area contributed by atoms with Gasteiger partial charge in [-0.15, -0.1) is 0 Å². The summed E-state index contributed by atoms with van der Waals surface area (Å²) in [5.41, 5.74) is 0. The molecule has 0 aliphatic carbocycles. The third kappa shape index (κ3) is 5.11. The van der Waals surface area contributed by atoms with Crippen molar-refractivity contribution in [1.29, 1.82) is 0 Å². The molecule has 2 saturated heterocycles. The molecule has 0 amide bonds. The molecule has 0 bridgehead atoms. The first kappa shape index (κ1) is 18.6.